The van der Waals surface area contributed by atoms with Gasteiger partial charge in [0.1, 0.15) is 0 Å². The van der Waals surface area contributed by atoms with E-state index in [2.05, 4.69) is 11.4 Å². The van der Waals surface area contributed by atoms with Gasteiger partial charge in [0.05, 0.1) is 5.56 Å². The van der Waals surface area contributed by atoms with E-state index in [1.54, 1.807) is 30.3 Å². The molecule has 0 bridgehead atoms. The van der Waals surface area contributed by atoms with Gasteiger partial charge in [0.25, 0.3) is 5.91 Å². The van der Waals surface area contributed by atoms with Crippen LogP contribution in [0.4, 0.5) is 18.9 Å². The third-order valence-electron chi connectivity index (χ3n) is 2.75. The molecule has 109 valence electrons. The van der Waals surface area contributed by atoms with E-state index >= 15 is 0 Å². The van der Waals surface area contributed by atoms with Crippen molar-refractivity contribution in [1.29, 1.82) is 0 Å². The molecule has 21 heavy (non-hydrogen) atoms. The summed E-state index contributed by atoms with van der Waals surface area (Å²) in [6.07, 6.45) is -5.97. The van der Waals surface area contributed by atoms with E-state index < -0.39 is 23.8 Å². The first-order valence-corrected chi connectivity index (χ1v) is 6.01. The van der Waals surface area contributed by atoms with Crippen LogP contribution in [0.15, 0.2) is 48.5 Å². The predicted molar refractivity (Wildman–Crippen MR) is 70.3 cm³/mol. The minimum Gasteiger partial charge on any atom is -0.378 e. The van der Waals surface area contributed by atoms with Gasteiger partial charge in [-0.05, 0) is 17.7 Å². The molecule has 1 radical (unpaired) electrons. The number of nitrogens with one attached hydrogen (secondary N) is 1. The molecule has 0 fully saturated rings. The van der Waals surface area contributed by atoms with Crippen molar-refractivity contribution < 1.29 is 23.1 Å². The van der Waals surface area contributed by atoms with E-state index in [1.165, 1.54) is 0 Å². The second-order valence-corrected chi connectivity index (χ2v) is 4.29. The third-order valence-corrected chi connectivity index (χ3v) is 2.75. The molecule has 0 aliphatic carbocycles. The van der Waals surface area contributed by atoms with E-state index in [4.69, 9.17) is 0 Å². The van der Waals surface area contributed by atoms with E-state index in [9.17, 15) is 23.1 Å². The molecule has 0 aliphatic rings. The lowest BCUT2D eigenvalue weighted by Crippen LogP contribution is -2.21. The van der Waals surface area contributed by atoms with Gasteiger partial charge in [-0.3, -0.25) is 4.79 Å². The summed E-state index contributed by atoms with van der Waals surface area (Å²) >= 11 is 0. The molecule has 2 rings (SSSR count). The monoisotopic (exact) mass is 294 g/mol. The fraction of sp³-hybridized carbons (Fsp3) is 0.133. The van der Waals surface area contributed by atoms with Gasteiger partial charge < -0.3 is 10.4 Å². The second kappa shape index (κ2) is 5.97. The molecule has 2 aromatic carbocycles. The van der Waals surface area contributed by atoms with Gasteiger partial charge in [0.2, 0.25) is 0 Å². The molecule has 0 spiro atoms. The van der Waals surface area contributed by atoms with Gasteiger partial charge in [0, 0.05) is 11.8 Å². The molecule has 0 heterocycles. The number of carbonyl (C=O) groups excluding carboxylic acids is 1. The molecular weight excluding hydrogens is 283 g/mol. The highest BCUT2D eigenvalue weighted by Crippen LogP contribution is 2.30. The van der Waals surface area contributed by atoms with Crippen LogP contribution in [0.5, 0.6) is 0 Å². The van der Waals surface area contributed by atoms with E-state index in [1.807, 2.05) is 0 Å². The summed E-state index contributed by atoms with van der Waals surface area (Å²) in [6, 6.07) is 13.2. The largest absolute Gasteiger partial charge is 0.416 e. The second-order valence-electron chi connectivity index (χ2n) is 4.29. The van der Waals surface area contributed by atoms with Gasteiger partial charge in [-0.1, -0.05) is 36.4 Å². The third kappa shape index (κ3) is 3.82. The zero-order valence-electron chi connectivity index (χ0n) is 10.7. The number of anilines is 1. The molecule has 0 saturated heterocycles. The van der Waals surface area contributed by atoms with E-state index in [0.29, 0.717) is 5.56 Å². The van der Waals surface area contributed by atoms with Gasteiger partial charge in [-0.15, -0.1) is 0 Å². The quantitative estimate of drug-likeness (QED) is 0.913. The number of amides is 1. The Bertz CT molecular complexity index is 626. The van der Waals surface area contributed by atoms with Crippen LogP contribution < -0.4 is 5.32 Å². The smallest absolute Gasteiger partial charge is 0.378 e. The topological polar surface area (TPSA) is 49.3 Å². The summed E-state index contributed by atoms with van der Waals surface area (Å²) < 4.78 is 37.7. The maximum atomic E-state index is 12.6. The maximum absolute atomic E-state index is 12.6. The lowest BCUT2D eigenvalue weighted by molar-refractivity contribution is -0.137. The average molecular weight is 294 g/mol. The highest BCUT2D eigenvalue weighted by atomic mass is 19.4. The van der Waals surface area contributed by atoms with Crippen LogP contribution in [-0.2, 0) is 11.0 Å². The fourth-order valence-electron chi connectivity index (χ4n) is 1.70. The molecule has 3 nitrogen and oxygen atoms in total. The summed E-state index contributed by atoms with van der Waals surface area (Å²) in [5.41, 5.74) is -0.697. The molecule has 1 amide bonds. The first-order chi connectivity index (χ1) is 9.88. The number of aliphatic hydroxyl groups is 1. The molecule has 2 aromatic rings. The Labute approximate surface area is 119 Å². The highest BCUT2D eigenvalue weighted by molar-refractivity contribution is 5.94. The normalized spacial score (nSPS) is 12.8. The lowest BCUT2D eigenvalue weighted by atomic mass is 10.1. The van der Waals surface area contributed by atoms with Crippen molar-refractivity contribution in [3.63, 3.8) is 0 Å². The minimum absolute atomic E-state index is 0.148. The Hall–Kier alpha value is -2.34. The number of aliphatic hydroxyl groups excluding tert-OH is 1. The van der Waals surface area contributed by atoms with Crippen molar-refractivity contribution in [2.24, 2.45) is 0 Å². The molecule has 1 unspecified atom stereocenters. The molecule has 0 aliphatic heterocycles. The van der Waals surface area contributed by atoms with Crippen molar-refractivity contribution in [1.82, 2.24) is 0 Å². The minimum atomic E-state index is -4.51. The number of hydrogen-bond donors (Lipinski definition) is 2. The van der Waals surface area contributed by atoms with Crippen LogP contribution in [0.25, 0.3) is 0 Å². The van der Waals surface area contributed by atoms with Crippen LogP contribution in [-0.4, -0.2) is 11.0 Å². The number of benzene rings is 2. The summed E-state index contributed by atoms with van der Waals surface area (Å²) in [4.78, 5) is 11.8. The highest BCUT2D eigenvalue weighted by Gasteiger charge is 2.30. The van der Waals surface area contributed by atoms with Crippen molar-refractivity contribution in [2.45, 2.75) is 12.3 Å². The number of rotatable bonds is 3. The van der Waals surface area contributed by atoms with E-state index in [-0.39, 0.29) is 5.69 Å². The first kappa shape index (κ1) is 15.1. The van der Waals surface area contributed by atoms with Crippen LogP contribution in [0, 0.1) is 6.07 Å². The molecule has 1 atom stereocenters. The maximum Gasteiger partial charge on any atom is 0.416 e. The summed E-state index contributed by atoms with van der Waals surface area (Å²) in [6.45, 7) is 0. The Morgan fingerprint density at radius 1 is 1.19 bits per heavy atom. The summed E-state index contributed by atoms with van der Waals surface area (Å²) in [5.74, 6) is -0.822. The number of hydrogen-bond acceptors (Lipinski definition) is 2. The van der Waals surface area contributed by atoms with Gasteiger partial charge in [0.15, 0.2) is 6.10 Å². The first-order valence-electron chi connectivity index (χ1n) is 6.01. The fourth-order valence-corrected chi connectivity index (χ4v) is 1.70. The number of carbonyl (C=O) groups is 1. The zero-order chi connectivity index (χ0) is 15.5. The molecule has 0 aromatic heterocycles. The zero-order valence-corrected chi connectivity index (χ0v) is 10.7. The van der Waals surface area contributed by atoms with Gasteiger partial charge in [-0.2, -0.15) is 13.2 Å². The van der Waals surface area contributed by atoms with Crippen LogP contribution in [0.3, 0.4) is 0 Å². The Balaban J connectivity index is 2.13. The Kier molecular flexibility index (Phi) is 4.28. The molecule has 6 heteroatoms. The number of alkyl halides is 3. The average Bonchev–Trinajstić information content (AvgIpc) is 2.47. The summed E-state index contributed by atoms with van der Waals surface area (Å²) in [5, 5.41) is 12.0. The SMILES string of the molecule is O=C(Nc1[c]ccc(C(F)(F)F)c1)C(O)c1ccccc1. The van der Waals surface area contributed by atoms with Crippen molar-refractivity contribution >= 4 is 11.6 Å². The lowest BCUT2D eigenvalue weighted by Gasteiger charge is -2.13. The van der Waals surface area contributed by atoms with Crippen LogP contribution in [0.2, 0.25) is 0 Å². The van der Waals surface area contributed by atoms with Crippen molar-refractivity contribution in [3.05, 3.63) is 65.7 Å². The predicted octanol–water partition coefficient (Wildman–Crippen LogP) is 3.18. The van der Waals surface area contributed by atoms with Crippen LogP contribution >= 0.6 is 0 Å². The summed E-state index contributed by atoms with van der Waals surface area (Å²) in [7, 11) is 0. The molecule has 2 N–H and O–H groups in total. The van der Waals surface area contributed by atoms with Gasteiger partial charge >= 0.3 is 6.18 Å². The van der Waals surface area contributed by atoms with Gasteiger partial charge in [-0.25, -0.2) is 0 Å². The van der Waals surface area contributed by atoms with Crippen molar-refractivity contribution in [2.75, 3.05) is 5.32 Å². The number of halogens is 3. The molecular formula is C15H11F3NO2. The van der Waals surface area contributed by atoms with E-state index in [0.717, 1.165) is 18.2 Å². The Morgan fingerprint density at radius 3 is 2.48 bits per heavy atom. The standard InChI is InChI=1S/C15H11F3NO2/c16-15(17,18)11-7-4-8-12(9-11)19-14(21)13(20)10-5-2-1-3-6-10/h1-7,9,13,20H,(H,19,21). The van der Waals surface area contributed by atoms with Crippen LogP contribution in [0.1, 0.15) is 17.2 Å². The van der Waals surface area contributed by atoms with Crippen molar-refractivity contribution in [3.8, 4) is 0 Å². The molecule has 0 saturated carbocycles. The Morgan fingerprint density at radius 2 is 1.86 bits per heavy atom.